The van der Waals surface area contributed by atoms with Crippen LogP contribution in [0.4, 0.5) is 19.0 Å². The van der Waals surface area contributed by atoms with E-state index in [4.69, 9.17) is 11.0 Å². The molecule has 1 aliphatic rings. The first-order valence-electron chi connectivity index (χ1n) is 6.26. The van der Waals surface area contributed by atoms with E-state index < -0.39 is 29.4 Å². The Morgan fingerprint density at radius 3 is 2.76 bits per heavy atom. The molecule has 1 aliphatic heterocycles. The highest BCUT2D eigenvalue weighted by molar-refractivity contribution is 5.71. The second-order valence-electron chi connectivity index (χ2n) is 4.89. The van der Waals surface area contributed by atoms with Gasteiger partial charge in [-0.3, -0.25) is 0 Å². The Hall–Kier alpha value is -2.14. The molecule has 1 saturated heterocycles. The number of aldehydes is 1. The fraction of sp³-hybridized carbons (Fsp3) is 0.462. The molecule has 2 unspecified atom stereocenters. The lowest BCUT2D eigenvalue weighted by Gasteiger charge is -2.25. The number of nitriles is 1. The van der Waals surface area contributed by atoms with Gasteiger partial charge < -0.3 is 15.4 Å². The molecular formula is C13H13F3N4O. The number of aromatic nitrogens is 1. The summed E-state index contributed by atoms with van der Waals surface area (Å²) in [6.07, 6.45) is -3.63. The summed E-state index contributed by atoms with van der Waals surface area (Å²) in [5, 5.41) is 9.10. The smallest absolute Gasteiger partial charge is 0.344 e. The summed E-state index contributed by atoms with van der Waals surface area (Å²) in [7, 11) is 0. The van der Waals surface area contributed by atoms with E-state index in [0.29, 0.717) is 12.7 Å². The fourth-order valence-electron chi connectivity index (χ4n) is 2.46. The molecule has 0 bridgehead atoms. The van der Waals surface area contributed by atoms with Crippen molar-refractivity contribution in [2.24, 2.45) is 5.73 Å². The number of carbonyl (C=O) groups excluding carboxylic acids is 1. The van der Waals surface area contributed by atoms with Crippen molar-refractivity contribution in [1.82, 2.24) is 4.98 Å². The molecule has 1 aromatic heterocycles. The van der Waals surface area contributed by atoms with Crippen molar-refractivity contribution in [2.45, 2.75) is 31.6 Å². The van der Waals surface area contributed by atoms with E-state index in [9.17, 15) is 18.0 Å². The summed E-state index contributed by atoms with van der Waals surface area (Å²) in [5.41, 5.74) is 4.27. The van der Waals surface area contributed by atoms with Crippen LogP contribution in [0.15, 0.2) is 6.07 Å². The number of halogens is 3. The van der Waals surface area contributed by atoms with Crippen LogP contribution < -0.4 is 10.6 Å². The van der Waals surface area contributed by atoms with Gasteiger partial charge in [-0.15, -0.1) is 0 Å². The van der Waals surface area contributed by atoms with Gasteiger partial charge in [0.15, 0.2) is 0 Å². The third kappa shape index (κ3) is 2.69. The number of pyridine rings is 1. The highest BCUT2D eigenvalue weighted by Gasteiger charge is 2.39. The van der Waals surface area contributed by atoms with Crippen LogP contribution in [0.2, 0.25) is 0 Å². The SMILES string of the molecule is Cc1cc(C(F)(F)F)c(C#N)c(N2CCC(N)C2C=O)n1. The Balaban J connectivity index is 2.62. The zero-order valence-corrected chi connectivity index (χ0v) is 11.2. The van der Waals surface area contributed by atoms with Crippen LogP contribution in [-0.2, 0) is 11.0 Å². The van der Waals surface area contributed by atoms with E-state index in [-0.39, 0.29) is 18.1 Å². The molecule has 8 heteroatoms. The van der Waals surface area contributed by atoms with E-state index in [1.54, 1.807) is 6.07 Å². The lowest BCUT2D eigenvalue weighted by atomic mass is 10.1. The number of aryl methyl sites for hydroxylation is 1. The number of hydrogen-bond acceptors (Lipinski definition) is 5. The van der Waals surface area contributed by atoms with Gasteiger partial charge >= 0.3 is 6.18 Å². The van der Waals surface area contributed by atoms with E-state index in [2.05, 4.69) is 4.98 Å². The second-order valence-corrected chi connectivity index (χ2v) is 4.89. The molecule has 21 heavy (non-hydrogen) atoms. The third-order valence-electron chi connectivity index (χ3n) is 3.46. The van der Waals surface area contributed by atoms with Gasteiger partial charge in [-0.05, 0) is 19.4 Å². The van der Waals surface area contributed by atoms with Crippen molar-refractivity contribution in [2.75, 3.05) is 11.4 Å². The Labute approximate surface area is 119 Å². The molecule has 2 heterocycles. The van der Waals surface area contributed by atoms with Crippen LogP contribution >= 0.6 is 0 Å². The molecule has 1 aromatic rings. The standard InChI is InChI=1S/C13H13F3N4O/c1-7-4-9(13(14,15)16)8(5-17)12(19-7)20-3-2-10(18)11(20)6-21/h4,6,10-11H,2-3,18H2,1H3. The topological polar surface area (TPSA) is 83.0 Å². The van der Waals surface area contributed by atoms with Crippen molar-refractivity contribution in [3.05, 3.63) is 22.9 Å². The van der Waals surface area contributed by atoms with Crippen LogP contribution in [0.5, 0.6) is 0 Å². The van der Waals surface area contributed by atoms with Gasteiger partial charge in [0.1, 0.15) is 29.8 Å². The predicted molar refractivity (Wildman–Crippen MR) is 68.5 cm³/mol. The van der Waals surface area contributed by atoms with Crippen molar-refractivity contribution in [1.29, 1.82) is 5.26 Å². The maximum atomic E-state index is 13.0. The number of rotatable bonds is 2. The third-order valence-corrected chi connectivity index (χ3v) is 3.46. The number of carbonyl (C=O) groups is 1. The van der Waals surface area contributed by atoms with Crippen molar-refractivity contribution in [3.63, 3.8) is 0 Å². The Morgan fingerprint density at radius 2 is 2.24 bits per heavy atom. The Bertz CT molecular complexity index is 609. The van der Waals surface area contributed by atoms with E-state index >= 15 is 0 Å². The first-order valence-corrected chi connectivity index (χ1v) is 6.26. The van der Waals surface area contributed by atoms with Crippen LogP contribution in [0.3, 0.4) is 0 Å². The molecule has 112 valence electrons. The van der Waals surface area contributed by atoms with Gasteiger partial charge in [0.25, 0.3) is 0 Å². The van der Waals surface area contributed by atoms with Crippen LogP contribution in [0, 0.1) is 18.3 Å². The Morgan fingerprint density at radius 1 is 1.57 bits per heavy atom. The zero-order chi connectivity index (χ0) is 15.8. The van der Waals surface area contributed by atoms with Gasteiger partial charge in [0.2, 0.25) is 0 Å². The molecular weight excluding hydrogens is 285 g/mol. The van der Waals surface area contributed by atoms with Crippen molar-refractivity contribution in [3.8, 4) is 6.07 Å². The summed E-state index contributed by atoms with van der Waals surface area (Å²) >= 11 is 0. The monoisotopic (exact) mass is 298 g/mol. The lowest BCUT2D eigenvalue weighted by molar-refractivity contribution is -0.137. The molecule has 0 saturated carbocycles. The average molecular weight is 298 g/mol. The van der Waals surface area contributed by atoms with Crippen LogP contribution in [0.25, 0.3) is 0 Å². The van der Waals surface area contributed by atoms with Crippen LogP contribution in [-0.4, -0.2) is 29.9 Å². The predicted octanol–water partition coefficient (Wildman–Crippen LogP) is 1.39. The molecule has 0 radical (unpaired) electrons. The number of hydrogen-bond donors (Lipinski definition) is 1. The molecule has 1 fully saturated rings. The number of nitrogens with two attached hydrogens (primary N) is 1. The van der Waals surface area contributed by atoms with E-state index in [1.165, 1.54) is 11.8 Å². The summed E-state index contributed by atoms with van der Waals surface area (Å²) in [4.78, 5) is 16.5. The first kappa shape index (κ1) is 15.3. The van der Waals surface area contributed by atoms with Gasteiger partial charge in [-0.2, -0.15) is 18.4 Å². The number of nitrogens with zero attached hydrogens (tertiary/aromatic N) is 3. The second kappa shape index (κ2) is 5.33. The van der Waals surface area contributed by atoms with E-state index in [0.717, 1.165) is 6.07 Å². The number of anilines is 1. The summed E-state index contributed by atoms with van der Waals surface area (Å²) in [6, 6.07) is 1.13. The minimum atomic E-state index is -4.66. The molecule has 2 atom stereocenters. The minimum absolute atomic E-state index is 0.126. The molecule has 5 nitrogen and oxygen atoms in total. The van der Waals surface area contributed by atoms with Crippen LogP contribution in [0.1, 0.15) is 23.2 Å². The molecule has 0 spiro atoms. The summed E-state index contributed by atoms with van der Waals surface area (Å²) in [5.74, 6) is -0.130. The Kier molecular flexibility index (Phi) is 3.87. The largest absolute Gasteiger partial charge is 0.417 e. The normalized spacial score (nSPS) is 22.2. The molecule has 0 amide bonds. The van der Waals surface area contributed by atoms with Gasteiger partial charge in [0, 0.05) is 18.3 Å². The minimum Gasteiger partial charge on any atom is -0.344 e. The molecule has 2 rings (SSSR count). The summed E-state index contributed by atoms with van der Waals surface area (Å²) in [6.45, 7) is 1.69. The van der Waals surface area contributed by atoms with Gasteiger partial charge in [0.05, 0.1) is 5.56 Å². The molecule has 2 N–H and O–H groups in total. The lowest BCUT2D eigenvalue weighted by Crippen LogP contribution is -2.41. The molecule has 0 aliphatic carbocycles. The average Bonchev–Trinajstić information content (AvgIpc) is 2.77. The fourth-order valence-corrected chi connectivity index (χ4v) is 2.46. The maximum Gasteiger partial charge on any atom is 0.417 e. The van der Waals surface area contributed by atoms with Gasteiger partial charge in [-0.1, -0.05) is 0 Å². The van der Waals surface area contributed by atoms with E-state index in [1.807, 2.05) is 0 Å². The van der Waals surface area contributed by atoms with Gasteiger partial charge in [-0.25, -0.2) is 4.98 Å². The highest BCUT2D eigenvalue weighted by Crippen LogP contribution is 2.37. The number of alkyl halides is 3. The highest BCUT2D eigenvalue weighted by atomic mass is 19.4. The van der Waals surface area contributed by atoms with Crippen molar-refractivity contribution < 1.29 is 18.0 Å². The quantitative estimate of drug-likeness (QED) is 0.834. The zero-order valence-electron chi connectivity index (χ0n) is 11.2. The summed E-state index contributed by atoms with van der Waals surface area (Å²) < 4.78 is 39.1. The first-order chi connectivity index (χ1) is 9.79. The maximum absolute atomic E-state index is 13.0. The molecule has 0 aromatic carbocycles. The van der Waals surface area contributed by atoms with Crippen molar-refractivity contribution >= 4 is 12.1 Å².